The molecule has 2 rings (SSSR count). The molecule has 0 aliphatic carbocycles. The first-order valence-corrected chi connectivity index (χ1v) is 5.57. The number of aliphatic hydroxyl groups excluding tert-OH is 1. The maximum absolute atomic E-state index is 11.7. The maximum Gasteiger partial charge on any atom is 0.190 e. The van der Waals surface area contributed by atoms with E-state index in [1.165, 1.54) is 0 Å². The lowest BCUT2D eigenvalue weighted by molar-refractivity contribution is -0.271. The van der Waals surface area contributed by atoms with Crippen LogP contribution in [-0.4, -0.2) is 29.4 Å². The van der Waals surface area contributed by atoms with Crippen molar-refractivity contribution in [3.05, 3.63) is 35.9 Å². The second-order valence-corrected chi connectivity index (χ2v) is 4.55. The Morgan fingerprint density at radius 2 is 2.00 bits per heavy atom. The Labute approximate surface area is 100 Å². The van der Waals surface area contributed by atoms with Crippen LogP contribution in [0.2, 0.25) is 0 Å². The van der Waals surface area contributed by atoms with Crippen molar-refractivity contribution >= 4 is 5.78 Å². The van der Waals surface area contributed by atoms with Gasteiger partial charge in [0, 0.05) is 0 Å². The van der Waals surface area contributed by atoms with E-state index < -0.39 is 18.0 Å². The third-order valence-electron chi connectivity index (χ3n) is 2.72. The highest BCUT2D eigenvalue weighted by Gasteiger charge is 2.39. The van der Waals surface area contributed by atoms with E-state index in [1.54, 1.807) is 26.0 Å². The summed E-state index contributed by atoms with van der Waals surface area (Å²) >= 11 is 0. The second-order valence-electron chi connectivity index (χ2n) is 4.55. The molecule has 1 aromatic carbocycles. The molecular formula is C13H16O4. The molecule has 2 atom stereocenters. The SMILES string of the molecule is CC1(C)OCC(=O)[C@H]([C@H](O)c2ccccc2)O1. The van der Waals surface area contributed by atoms with Crippen LogP contribution in [0, 0.1) is 0 Å². The predicted octanol–water partition coefficient (Wildman–Crippen LogP) is 1.44. The number of ketones is 1. The van der Waals surface area contributed by atoms with Crippen molar-refractivity contribution in [2.45, 2.75) is 31.8 Å². The Bertz CT molecular complexity index is 399. The van der Waals surface area contributed by atoms with E-state index in [-0.39, 0.29) is 12.4 Å². The van der Waals surface area contributed by atoms with Crippen molar-refractivity contribution in [1.82, 2.24) is 0 Å². The zero-order valence-electron chi connectivity index (χ0n) is 9.92. The first-order chi connectivity index (χ1) is 7.99. The first-order valence-electron chi connectivity index (χ1n) is 5.57. The lowest BCUT2D eigenvalue weighted by Gasteiger charge is -2.36. The summed E-state index contributed by atoms with van der Waals surface area (Å²) in [6.07, 6.45) is -1.81. The van der Waals surface area contributed by atoms with Gasteiger partial charge in [-0.05, 0) is 19.4 Å². The number of hydrogen-bond donors (Lipinski definition) is 1. The molecule has 92 valence electrons. The summed E-state index contributed by atoms with van der Waals surface area (Å²) in [5.41, 5.74) is 0.670. The standard InChI is InChI=1S/C13H16O4/c1-13(2)16-8-10(14)12(17-13)11(15)9-6-4-3-5-7-9/h3-7,11-12,15H,8H2,1-2H3/t11-,12-/m1/s1. The monoisotopic (exact) mass is 236 g/mol. The summed E-state index contributed by atoms with van der Waals surface area (Å²) in [5, 5.41) is 10.1. The number of Topliss-reactive ketones (excluding diaryl/α,β-unsaturated/α-hetero) is 1. The third-order valence-corrected chi connectivity index (χ3v) is 2.72. The van der Waals surface area contributed by atoms with Crippen molar-refractivity contribution in [3.63, 3.8) is 0 Å². The Balaban J connectivity index is 2.18. The van der Waals surface area contributed by atoms with Gasteiger partial charge in [0.2, 0.25) is 0 Å². The molecule has 0 amide bonds. The van der Waals surface area contributed by atoms with Gasteiger partial charge < -0.3 is 14.6 Å². The van der Waals surface area contributed by atoms with Gasteiger partial charge in [-0.15, -0.1) is 0 Å². The van der Waals surface area contributed by atoms with E-state index in [2.05, 4.69) is 0 Å². The van der Waals surface area contributed by atoms with Crippen LogP contribution in [0.3, 0.4) is 0 Å². The van der Waals surface area contributed by atoms with Crippen molar-refractivity contribution in [2.75, 3.05) is 6.61 Å². The zero-order valence-corrected chi connectivity index (χ0v) is 9.92. The van der Waals surface area contributed by atoms with Gasteiger partial charge in [0.05, 0.1) is 0 Å². The molecular weight excluding hydrogens is 220 g/mol. The quantitative estimate of drug-likeness (QED) is 0.844. The summed E-state index contributed by atoms with van der Waals surface area (Å²) in [7, 11) is 0. The third kappa shape index (κ3) is 2.72. The Kier molecular flexibility index (Phi) is 3.28. The Morgan fingerprint density at radius 1 is 1.35 bits per heavy atom. The number of carbonyl (C=O) groups is 1. The topological polar surface area (TPSA) is 55.8 Å². The van der Waals surface area contributed by atoms with Gasteiger partial charge in [-0.3, -0.25) is 4.79 Å². The number of carbonyl (C=O) groups excluding carboxylic acids is 1. The normalized spacial score (nSPS) is 25.6. The van der Waals surface area contributed by atoms with E-state index in [4.69, 9.17) is 9.47 Å². The van der Waals surface area contributed by atoms with Crippen molar-refractivity contribution in [3.8, 4) is 0 Å². The average molecular weight is 236 g/mol. The molecule has 4 heteroatoms. The fourth-order valence-corrected chi connectivity index (χ4v) is 1.80. The molecule has 1 aliphatic heterocycles. The lowest BCUT2D eigenvalue weighted by Crippen LogP contribution is -2.48. The molecule has 17 heavy (non-hydrogen) atoms. The maximum atomic E-state index is 11.7. The fraction of sp³-hybridized carbons (Fsp3) is 0.462. The molecule has 1 aromatic rings. The summed E-state index contributed by atoms with van der Waals surface area (Å²) in [6, 6.07) is 9.02. The van der Waals surface area contributed by atoms with Crippen LogP contribution in [0.4, 0.5) is 0 Å². The summed E-state index contributed by atoms with van der Waals surface area (Å²) < 4.78 is 10.7. The van der Waals surface area contributed by atoms with Gasteiger partial charge in [0.15, 0.2) is 17.7 Å². The minimum absolute atomic E-state index is 0.0262. The molecule has 0 spiro atoms. The number of aliphatic hydroxyl groups is 1. The molecule has 0 aromatic heterocycles. The molecule has 1 fully saturated rings. The largest absolute Gasteiger partial charge is 0.385 e. The van der Waals surface area contributed by atoms with Crippen LogP contribution < -0.4 is 0 Å². The number of ether oxygens (including phenoxy) is 2. The van der Waals surface area contributed by atoms with Gasteiger partial charge >= 0.3 is 0 Å². The highest BCUT2D eigenvalue weighted by molar-refractivity contribution is 5.85. The minimum Gasteiger partial charge on any atom is -0.385 e. The van der Waals surface area contributed by atoms with E-state index >= 15 is 0 Å². The summed E-state index contributed by atoms with van der Waals surface area (Å²) in [4.78, 5) is 11.7. The van der Waals surface area contributed by atoms with E-state index in [9.17, 15) is 9.90 Å². The van der Waals surface area contributed by atoms with Gasteiger partial charge in [-0.2, -0.15) is 0 Å². The Hall–Kier alpha value is -1.23. The van der Waals surface area contributed by atoms with Crippen LogP contribution in [0.5, 0.6) is 0 Å². The summed E-state index contributed by atoms with van der Waals surface area (Å²) in [6.45, 7) is 3.43. The highest BCUT2D eigenvalue weighted by atomic mass is 16.7. The van der Waals surface area contributed by atoms with Gasteiger partial charge in [-0.25, -0.2) is 0 Å². The van der Waals surface area contributed by atoms with Crippen molar-refractivity contribution in [1.29, 1.82) is 0 Å². The van der Waals surface area contributed by atoms with Crippen LogP contribution in [-0.2, 0) is 14.3 Å². The second kappa shape index (κ2) is 4.56. The van der Waals surface area contributed by atoms with Gasteiger partial charge in [-0.1, -0.05) is 30.3 Å². The number of hydrogen-bond acceptors (Lipinski definition) is 4. The zero-order chi connectivity index (χ0) is 12.5. The van der Waals surface area contributed by atoms with Crippen LogP contribution in [0.1, 0.15) is 25.5 Å². The first kappa shape index (κ1) is 12.2. The molecule has 1 aliphatic rings. The molecule has 1 N–H and O–H groups in total. The predicted molar refractivity (Wildman–Crippen MR) is 61.3 cm³/mol. The molecule has 0 saturated carbocycles. The average Bonchev–Trinajstić information content (AvgIpc) is 2.33. The molecule has 0 bridgehead atoms. The van der Waals surface area contributed by atoms with Crippen LogP contribution >= 0.6 is 0 Å². The molecule has 0 unspecified atom stereocenters. The van der Waals surface area contributed by atoms with E-state index in [0.29, 0.717) is 5.56 Å². The molecule has 1 heterocycles. The van der Waals surface area contributed by atoms with Crippen molar-refractivity contribution in [2.24, 2.45) is 0 Å². The minimum atomic E-state index is -0.952. The number of rotatable bonds is 2. The van der Waals surface area contributed by atoms with E-state index in [1.807, 2.05) is 18.2 Å². The highest BCUT2D eigenvalue weighted by Crippen LogP contribution is 2.28. The van der Waals surface area contributed by atoms with Gasteiger partial charge in [0.25, 0.3) is 0 Å². The molecule has 1 saturated heterocycles. The Morgan fingerprint density at radius 3 is 2.65 bits per heavy atom. The molecule has 0 radical (unpaired) electrons. The number of benzene rings is 1. The lowest BCUT2D eigenvalue weighted by atomic mass is 10.0. The molecule has 4 nitrogen and oxygen atoms in total. The van der Waals surface area contributed by atoms with E-state index in [0.717, 1.165) is 0 Å². The fourth-order valence-electron chi connectivity index (χ4n) is 1.80. The van der Waals surface area contributed by atoms with Gasteiger partial charge in [0.1, 0.15) is 12.7 Å². The summed E-state index contributed by atoms with van der Waals surface area (Å²) in [5.74, 6) is -1.07. The van der Waals surface area contributed by atoms with Crippen LogP contribution in [0.15, 0.2) is 30.3 Å². The van der Waals surface area contributed by atoms with Crippen molar-refractivity contribution < 1.29 is 19.4 Å². The smallest absolute Gasteiger partial charge is 0.190 e. The van der Waals surface area contributed by atoms with Crippen LogP contribution in [0.25, 0.3) is 0 Å².